The molecule has 0 aromatic carbocycles. The fourth-order valence-corrected chi connectivity index (χ4v) is 1.69. The van der Waals surface area contributed by atoms with Crippen LogP contribution in [-0.2, 0) is 18.9 Å². The molecule has 2 fully saturated rings. The summed E-state index contributed by atoms with van der Waals surface area (Å²) in [6.07, 6.45) is 1.53. The Morgan fingerprint density at radius 1 is 1.50 bits per heavy atom. The van der Waals surface area contributed by atoms with E-state index in [9.17, 15) is 0 Å². The van der Waals surface area contributed by atoms with Crippen LogP contribution in [0.4, 0.5) is 0 Å². The van der Waals surface area contributed by atoms with Gasteiger partial charge in [-0.3, -0.25) is 5.41 Å². The lowest BCUT2D eigenvalue weighted by molar-refractivity contribution is -0.155. The van der Waals surface area contributed by atoms with E-state index in [1.54, 1.807) is 0 Å². The van der Waals surface area contributed by atoms with Crippen molar-refractivity contribution < 1.29 is 18.9 Å². The van der Waals surface area contributed by atoms with Crippen LogP contribution in [0.3, 0.4) is 0 Å². The number of epoxide rings is 1. The molecule has 3 unspecified atom stereocenters. The van der Waals surface area contributed by atoms with E-state index in [4.69, 9.17) is 24.4 Å². The Morgan fingerprint density at radius 3 is 2.81 bits per heavy atom. The molecular formula is C11H19NO4. The maximum atomic E-state index is 7.62. The highest BCUT2D eigenvalue weighted by molar-refractivity contribution is 5.72. The van der Waals surface area contributed by atoms with Crippen LogP contribution < -0.4 is 0 Å². The summed E-state index contributed by atoms with van der Waals surface area (Å²) in [4.78, 5) is 0. The largest absolute Gasteiger partial charge is 0.478 e. The molecule has 3 atom stereocenters. The number of nitrogens with one attached hydrogen (secondary N) is 1. The van der Waals surface area contributed by atoms with Crippen LogP contribution in [0.1, 0.15) is 26.7 Å². The lowest BCUT2D eigenvalue weighted by atomic mass is 10.1. The molecule has 2 saturated heterocycles. The van der Waals surface area contributed by atoms with E-state index >= 15 is 0 Å². The molecule has 0 bridgehead atoms. The van der Waals surface area contributed by atoms with Gasteiger partial charge in [0.25, 0.3) is 0 Å². The molecule has 16 heavy (non-hydrogen) atoms. The molecule has 5 nitrogen and oxygen atoms in total. The summed E-state index contributed by atoms with van der Waals surface area (Å²) in [6.45, 7) is 5.77. The quantitative estimate of drug-likeness (QED) is 0.438. The Kier molecular flexibility index (Phi) is 3.47. The summed E-state index contributed by atoms with van der Waals surface area (Å²) in [5.74, 6) is -0.269. The number of rotatable bonds is 5. The van der Waals surface area contributed by atoms with Gasteiger partial charge in [0.05, 0.1) is 19.3 Å². The lowest BCUT2D eigenvalue weighted by Gasteiger charge is -2.22. The van der Waals surface area contributed by atoms with Gasteiger partial charge < -0.3 is 18.9 Å². The van der Waals surface area contributed by atoms with Crippen molar-refractivity contribution >= 4 is 5.90 Å². The maximum absolute atomic E-state index is 7.62. The third kappa shape index (κ3) is 3.43. The highest BCUT2D eigenvalue weighted by Crippen LogP contribution is 2.27. The Labute approximate surface area is 95.5 Å². The molecule has 2 heterocycles. The third-order valence-electron chi connectivity index (χ3n) is 2.73. The van der Waals surface area contributed by atoms with Crippen LogP contribution in [-0.4, -0.2) is 43.7 Å². The van der Waals surface area contributed by atoms with Crippen molar-refractivity contribution in [3.63, 3.8) is 0 Å². The SMILES string of the molecule is CC1COC(C)(CCC(=N)OCC2CO2)O1. The van der Waals surface area contributed by atoms with Gasteiger partial charge in [0.1, 0.15) is 12.7 Å². The highest BCUT2D eigenvalue weighted by Gasteiger charge is 2.35. The van der Waals surface area contributed by atoms with E-state index in [2.05, 4.69) is 0 Å². The van der Waals surface area contributed by atoms with Crippen molar-refractivity contribution in [2.24, 2.45) is 0 Å². The van der Waals surface area contributed by atoms with E-state index < -0.39 is 5.79 Å². The minimum absolute atomic E-state index is 0.139. The monoisotopic (exact) mass is 229 g/mol. The fraction of sp³-hybridized carbons (Fsp3) is 0.909. The minimum Gasteiger partial charge on any atom is -0.478 e. The van der Waals surface area contributed by atoms with Crippen molar-refractivity contribution in [3.05, 3.63) is 0 Å². The van der Waals surface area contributed by atoms with Crippen molar-refractivity contribution in [2.75, 3.05) is 19.8 Å². The average molecular weight is 229 g/mol. The lowest BCUT2D eigenvalue weighted by Crippen LogP contribution is -2.27. The molecule has 0 spiro atoms. The zero-order valence-corrected chi connectivity index (χ0v) is 9.82. The number of hydrogen-bond acceptors (Lipinski definition) is 5. The molecule has 0 aromatic heterocycles. The van der Waals surface area contributed by atoms with Crippen molar-refractivity contribution in [3.8, 4) is 0 Å². The number of hydrogen-bond donors (Lipinski definition) is 1. The van der Waals surface area contributed by atoms with Crippen LogP contribution >= 0.6 is 0 Å². The summed E-state index contributed by atoms with van der Waals surface area (Å²) < 4.78 is 21.4. The Hall–Kier alpha value is -0.650. The Morgan fingerprint density at radius 2 is 2.25 bits per heavy atom. The van der Waals surface area contributed by atoms with Gasteiger partial charge in [-0.1, -0.05) is 0 Å². The zero-order valence-electron chi connectivity index (χ0n) is 9.82. The van der Waals surface area contributed by atoms with E-state index in [1.807, 2.05) is 13.8 Å². The van der Waals surface area contributed by atoms with Gasteiger partial charge in [-0.2, -0.15) is 0 Å². The van der Waals surface area contributed by atoms with Crippen molar-refractivity contribution in [1.82, 2.24) is 0 Å². The summed E-state index contributed by atoms with van der Waals surface area (Å²) >= 11 is 0. The molecule has 2 aliphatic rings. The highest BCUT2D eigenvalue weighted by atomic mass is 16.7. The first-order valence-electron chi connectivity index (χ1n) is 5.71. The van der Waals surface area contributed by atoms with Crippen LogP contribution in [0, 0.1) is 5.41 Å². The first-order chi connectivity index (χ1) is 7.57. The minimum atomic E-state index is -0.550. The third-order valence-corrected chi connectivity index (χ3v) is 2.73. The first-order valence-corrected chi connectivity index (χ1v) is 5.71. The predicted molar refractivity (Wildman–Crippen MR) is 57.6 cm³/mol. The molecule has 0 aliphatic carbocycles. The van der Waals surface area contributed by atoms with Crippen LogP contribution in [0.25, 0.3) is 0 Å². The first kappa shape index (κ1) is 11.8. The molecule has 2 rings (SSSR count). The van der Waals surface area contributed by atoms with Gasteiger partial charge in [-0.05, 0) is 13.8 Å². The predicted octanol–water partition coefficient (Wildman–Crippen LogP) is 1.31. The van der Waals surface area contributed by atoms with Gasteiger partial charge in [0.15, 0.2) is 11.7 Å². The Balaban J connectivity index is 1.63. The van der Waals surface area contributed by atoms with Gasteiger partial charge in [-0.15, -0.1) is 0 Å². The molecule has 0 radical (unpaired) electrons. The van der Waals surface area contributed by atoms with Crippen LogP contribution in [0.15, 0.2) is 0 Å². The van der Waals surface area contributed by atoms with Crippen LogP contribution in [0.2, 0.25) is 0 Å². The summed E-state index contributed by atoms with van der Waals surface area (Å²) in [5.41, 5.74) is 0. The molecule has 0 amide bonds. The topological polar surface area (TPSA) is 64.1 Å². The smallest absolute Gasteiger partial charge is 0.180 e. The van der Waals surface area contributed by atoms with E-state index in [1.165, 1.54) is 0 Å². The Bertz CT molecular complexity index is 267. The summed E-state index contributed by atoms with van der Waals surface area (Å²) in [6, 6.07) is 0. The second kappa shape index (κ2) is 4.69. The van der Waals surface area contributed by atoms with Gasteiger partial charge in [-0.25, -0.2) is 0 Å². The molecular weight excluding hydrogens is 210 g/mol. The van der Waals surface area contributed by atoms with Crippen molar-refractivity contribution in [2.45, 2.75) is 44.7 Å². The second-order valence-corrected chi connectivity index (χ2v) is 4.56. The van der Waals surface area contributed by atoms with E-state index in [-0.39, 0.29) is 18.1 Å². The summed E-state index contributed by atoms with van der Waals surface area (Å²) in [7, 11) is 0. The van der Waals surface area contributed by atoms with Gasteiger partial charge >= 0.3 is 0 Å². The molecule has 0 aromatic rings. The molecule has 1 N–H and O–H groups in total. The summed E-state index contributed by atoms with van der Waals surface area (Å²) in [5, 5.41) is 7.62. The standard InChI is InChI=1S/C11H19NO4/c1-8-5-15-11(2,16-8)4-3-10(12)14-7-9-6-13-9/h8-9,12H,3-7H2,1-2H3. The molecule has 5 heteroatoms. The fourth-order valence-electron chi connectivity index (χ4n) is 1.69. The molecule has 2 aliphatic heterocycles. The second-order valence-electron chi connectivity index (χ2n) is 4.56. The number of ether oxygens (including phenoxy) is 4. The van der Waals surface area contributed by atoms with Crippen LogP contribution in [0.5, 0.6) is 0 Å². The average Bonchev–Trinajstić information content (AvgIpc) is 3.00. The maximum Gasteiger partial charge on any atom is 0.180 e. The van der Waals surface area contributed by atoms with Gasteiger partial charge in [0.2, 0.25) is 0 Å². The zero-order chi connectivity index (χ0) is 11.6. The molecule has 92 valence electrons. The van der Waals surface area contributed by atoms with E-state index in [0.717, 1.165) is 6.61 Å². The molecule has 0 saturated carbocycles. The van der Waals surface area contributed by atoms with E-state index in [0.29, 0.717) is 26.1 Å². The van der Waals surface area contributed by atoms with Crippen molar-refractivity contribution in [1.29, 1.82) is 5.41 Å². The normalized spacial score (nSPS) is 37.4. The van der Waals surface area contributed by atoms with Gasteiger partial charge in [0, 0.05) is 12.8 Å².